The molecule has 21 heavy (non-hydrogen) atoms. The first-order valence-electron chi connectivity index (χ1n) is 7.31. The third-order valence-corrected chi connectivity index (χ3v) is 3.19. The number of nitrogens with one attached hydrogen (secondary N) is 1. The maximum absolute atomic E-state index is 5.40. The number of hydrogen-bond donors (Lipinski definition) is 1. The van der Waals surface area contributed by atoms with E-state index in [1.165, 1.54) is 5.56 Å². The zero-order chi connectivity index (χ0) is 15.2. The zero-order valence-electron chi connectivity index (χ0n) is 13.3. The molecule has 0 aliphatic rings. The monoisotopic (exact) mass is 288 g/mol. The molecule has 0 radical (unpaired) electrons. The van der Waals surface area contributed by atoms with E-state index in [4.69, 9.17) is 4.74 Å². The maximum atomic E-state index is 5.40. The molecule has 1 heterocycles. The lowest BCUT2D eigenvalue weighted by atomic mass is 10.1. The van der Waals surface area contributed by atoms with Crippen LogP contribution in [0.4, 0.5) is 0 Å². The van der Waals surface area contributed by atoms with Crippen molar-refractivity contribution in [1.29, 1.82) is 0 Å². The fraction of sp³-hybridized carbons (Fsp3) is 0.500. The Balaban J connectivity index is 2.00. The summed E-state index contributed by atoms with van der Waals surface area (Å²) < 4.78 is 7.25. The predicted molar refractivity (Wildman–Crippen MR) is 83.4 cm³/mol. The lowest BCUT2D eigenvalue weighted by Gasteiger charge is -2.09. The van der Waals surface area contributed by atoms with Crippen LogP contribution in [0.25, 0.3) is 0 Å². The van der Waals surface area contributed by atoms with Gasteiger partial charge in [-0.2, -0.15) is 5.10 Å². The fourth-order valence-corrected chi connectivity index (χ4v) is 2.17. The highest BCUT2D eigenvalue weighted by molar-refractivity contribution is 5.36. The Kier molecular flexibility index (Phi) is 5.33. The second kappa shape index (κ2) is 7.22. The van der Waals surface area contributed by atoms with E-state index in [1.54, 1.807) is 13.4 Å². The molecule has 0 unspecified atom stereocenters. The molecule has 114 valence electrons. The highest BCUT2D eigenvalue weighted by Crippen LogP contribution is 2.20. The van der Waals surface area contributed by atoms with E-state index in [1.807, 2.05) is 16.8 Å². The molecular formula is C16H24N4O. The van der Waals surface area contributed by atoms with Gasteiger partial charge >= 0.3 is 0 Å². The van der Waals surface area contributed by atoms with Gasteiger partial charge in [-0.1, -0.05) is 31.5 Å². The number of ether oxygens (including phenoxy) is 1. The molecule has 0 saturated carbocycles. The zero-order valence-corrected chi connectivity index (χ0v) is 13.3. The molecule has 1 aromatic heterocycles. The topological polar surface area (TPSA) is 52.0 Å². The van der Waals surface area contributed by atoms with Crippen molar-refractivity contribution >= 4 is 0 Å². The summed E-state index contributed by atoms with van der Waals surface area (Å²) in [4.78, 5) is 4.34. The quantitative estimate of drug-likeness (QED) is 0.850. The normalized spacial score (nSPS) is 11.1. The average Bonchev–Trinajstić information content (AvgIpc) is 2.86. The molecule has 1 N–H and O–H groups in total. The molecule has 0 aliphatic heterocycles. The van der Waals surface area contributed by atoms with E-state index < -0.39 is 0 Å². The predicted octanol–water partition coefficient (Wildman–Crippen LogP) is 2.39. The van der Waals surface area contributed by atoms with Crippen molar-refractivity contribution in [2.45, 2.75) is 33.9 Å². The van der Waals surface area contributed by atoms with Gasteiger partial charge in [0.15, 0.2) is 5.82 Å². The summed E-state index contributed by atoms with van der Waals surface area (Å²) >= 11 is 0. The third kappa shape index (κ3) is 4.56. The van der Waals surface area contributed by atoms with Crippen LogP contribution in [-0.4, -0.2) is 28.4 Å². The molecular weight excluding hydrogens is 264 g/mol. The van der Waals surface area contributed by atoms with Crippen LogP contribution in [0, 0.1) is 12.8 Å². The Morgan fingerprint density at radius 1 is 1.33 bits per heavy atom. The number of benzene rings is 1. The highest BCUT2D eigenvalue weighted by Gasteiger charge is 2.06. The molecule has 0 aliphatic carbocycles. The van der Waals surface area contributed by atoms with Crippen molar-refractivity contribution in [3.8, 4) is 5.75 Å². The molecule has 0 atom stereocenters. The van der Waals surface area contributed by atoms with Crippen LogP contribution >= 0.6 is 0 Å². The molecule has 2 rings (SSSR count). The summed E-state index contributed by atoms with van der Waals surface area (Å²) in [5.74, 6) is 2.33. The van der Waals surface area contributed by atoms with Gasteiger partial charge < -0.3 is 10.1 Å². The third-order valence-electron chi connectivity index (χ3n) is 3.19. The van der Waals surface area contributed by atoms with Crippen LogP contribution in [-0.2, 0) is 13.1 Å². The van der Waals surface area contributed by atoms with Crippen LogP contribution in [0.2, 0.25) is 0 Å². The lowest BCUT2D eigenvalue weighted by molar-refractivity contribution is 0.407. The van der Waals surface area contributed by atoms with Crippen LogP contribution < -0.4 is 10.1 Å². The summed E-state index contributed by atoms with van der Waals surface area (Å²) in [5, 5.41) is 7.84. The second-order valence-electron chi connectivity index (χ2n) is 5.70. The van der Waals surface area contributed by atoms with E-state index >= 15 is 0 Å². The number of aromatic nitrogens is 3. The molecule has 1 aromatic carbocycles. The Morgan fingerprint density at radius 3 is 2.86 bits per heavy atom. The van der Waals surface area contributed by atoms with E-state index in [9.17, 15) is 0 Å². The minimum Gasteiger partial charge on any atom is -0.496 e. The molecule has 0 fully saturated rings. The molecule has 2 aromatic rings. The van der Waals surface area contributed by atoms with E-state index in [0.717, 1.165) is 23.7 Å². The first kappa shape index (κ1) is 15.5. The number of aryl methyl sites for hydroxylation is 1. The Bertz CT molecular complexity index is 577. The number of methoxy groups -OCH3 is 1. The number of nitrogens with zero attached hydrogens (tertiary/aromatic N) is 3. The number of rotatable bonds is 7. The first-order chi connectivity index (χ1) is 10.1. The Labute approximate surface area is 126 Å². The van der Waals surface area contributed by atoms with Crippen molar-refractivity contribution in [2.24, 2.45) is 5.92 Å². The van der Waals surface area contributed by atoms with Gasteiger partial charge in [-0.25, -0.2) is 9.67 Å². The summed E-state index contributed by atoms with van der Waals surface area (Å²) in [7, 11) is 1.69. The number of hydrogen-bond acceptors (Lipinski definition) is 4. The van der Waals surface area contributed by atoms with Gasteiger partial charge in [0.2, 0.25) is 0 Å². The van der Waals surface area contributed by atoms with Gasteiger partial charge in [0.1, 0.15) is 12.1 Å². The first-order valence-corrected chi connectivity index (χ1v) is 7.31. The standard InChI is InChI=1S/C16H24N4O/c1-12(2)8-17-9-16-18-11-20(19-16)10-14-7-13(3)5-6-15(14)21-4/h5-7,11-12,17H,8-10H2,1-4H3. The van der Waals surface area contributed by atoms with Gasteiger partial charge in [0.25, 0.3) is 0 Å². The van der Waals surface area contributed by atoms with E-state index in [-0.39, 0.29) is 0 Å². The van der Waals surface area contributed by atoms with Crippen molar-refractivity contribution < 1.29 is 4.74 Å². The molecule has 0 bridgehead atoms. The van der Waals surface area contributed by atoms with Crippen molar-refractivity contribution in [3.05, 3.63) is 41.5 Å². The SMILES string of the molecule is COc1ccc(C)cc1Cn1cnc(CNCC(C)C)n1. The molecule has 0 amide bonds. The smallest absolute Gasteiger partial charge is 0.164 e. The van der Waals surface area contributed by atoms with Crippen LogP contribution in [0.1, 0.15) is 30.8 Å². The summed E-state index contributed by atoms with van der Waals surface area (Å²) in [5.41, 5.74) is 2.33. The maximum Gasteiger partial charge on any atom is 0.164 e. The highest BCUT2D eigenvalue weighted by atomic mass is 16.5. The summed E-state index contributed by atoms with van der Waals surface area (Å²) in [6.45, 7) is 8.79. The lowest BCUT2D eigenvalue weighted by Crippen LogP contribution is -2.19. The molecule has 5 nitrogen and oxygen atoms in total. The van der Waals surface area contributed by atoms with E-state index in [2.05, 4.69) is 42.2 Å². The van der Waals surface area contributed by atoms with E-state index in [0.29, 0.717) is 19.0 Å². The van der Waals surface area contributed by atoms with Crippen molar-refractivity contribution in [1.82, 2.24) is 20.1 Å². The summed E-state index contributed by atoms with van der Waals surface area (Å²) in [6, 6.07) is 6.16. The van der Waals surface area contributed by atoms with Crippen LogP contribution in [0.15, 0.2) is 24.5 Å². The van der Waals surface area contributed by atoms with Gasteiger partial charge in [0.05, 0.1) is 20.2 Å². The summed E-state index contributed by atoms with van der Waals surface area (Å²) in [6.07, 6.45) is 1.77. The molecule has 0 spiro atoms. The minimum atomic E-state index is 0.628. The minimum absolute atomic E-state index is 0.628. The van der Waals surface area contributed by atoms with Crippen LogP contribution in [0.5, 0.6) is 5.75 Å². The van der Waals surface area contributed by atoms with Gasteiger partial charge in [-0.05, 0) is 25.5 Å². The van der Waals surface area contributed by atoms with Gasteiger partial charge in [-0.15, -0.1) is 0 Å². The molecule has 0 saturated heterocycles. The second-order valence-corrected chi connectivity index (χ2v) is 5.70. The van der Waals surface area contributed by atoms with Crippen molar-refractivity contribution in [2.75, 3.05) is 13.7 Å². The Hall–Kier alpha value is -1.88. The van der Waals surface area contributed by atoms with Gasteiger partial charge in [0, 0.05) is 5.56 Å². The average molecular weight is 288 g/mol. The largest absolute Gasteiger partial charge is 0.496 e. The van der Waals surface area contributed by atoms with Crippen LogP contribution in [0.3, 0.4) is 0 Å². The Morgan fingerprint density at radius 2 is 2.14 bits per heavy atom. The molecule has 5 heteroatoms. The fourth-order valence-electron chi connectivity index (χ4n) is 2.17. The van der Waals surface area contributed by atoms with Crippen molar-refractivity contribution in [3.63, 3.8) is 0 Å². The van der Waals surface area contributed by atoms with Gasteiger partial charge in [-0.3, -0.25) is 0 Å².